The number of rotatable bonds is 5. The predicted octanol–water partition coefficient (Wildman–Crippen LogP) is 2.73. The van der Waals surface area contributed by atoms with Crippen molar-refractivity contribution < 1.29 is 14.3 Å². The predicted molar refractivity (Wildman–Crippen MR) is 93.2 cm³/mol. The van der Waals surface area contributed by atoms with Gasteiger partial charge in [-0.1, -0.05) is 17.7 Å². The molecule has 0 atom stereocenters. The third kappa shape index (κ3) is 4.16. The van der Waals surface area contributed by atoms with Crippen LogP contribution in [0.5, 0.6) is 5.75 Å². The Hall–Kier alpha value is -2.30. The quantitative estimate of drug-likeness (QED) is 0.513. The number of hydrogen-bond acceptors (Lipinski definition) is 4. The molecule has 24 heavy (non-hydrogen) atoms. The van der Waals surface area contributed by atoms with Gasteiger partial charge >= 0.3 is 5.97 Å². The SMILES string of the molecule is Cc1ccc2c(c1)N(CC(=O)NCCC1=CCCCC1)CC(=O)O2. The summed E-state index contributed by atoms with van der Waals surface area (Å²) in [6.07, 6.45) is 8.07. The van der Waals surface area contributed by atoms with Crippen molar-refractivity contribution in [1.82, 2.24) is 5.32 Å². The van der Waals surface area contributed by atoms with Crippen molar-refractivity contribution in [2.24, 2.45) is 0 Å². The van der Waals surface area contributed by atoms with Crippen LogP contribution in [0.15, 0.2) is 29.8 Å². The van der Waals surface area contributed by atoms with Crippen LogP contribution in [0.2, 0.25) is 0 Å². The van der Waals surface area contributed by atoms with E-state index in [9.17, 15) is 9.59 Å². The lowest BCUT2D eigenvalue weighted by atomic mass is 9.97. The average Bonchev–Trinajstić information content (AvgIpc) is 2.56. The van der Waals surface area contributed by atoms with Crippen LogP contribution >= 0.6 is 0 Å². The highest BCUT2D eigenvalue weighted by Crippen LogP contribution is 2.32. The standard InChI is InChI=1S/C19H24N2O3/c1-14-7-8-17-16(11-14)21(13-19(23)24-17)12-18(22)20-10-9-15-5-3-2-4-6-15/h5,7-8,11H,2-4,6,9-10,12-13H2,1H3,(H,20,22). The highest BCUT2D eigenvalue weighted by molar-refractivity contribution is 5.89. The lowest BCUT2D eigenvalue weighted by Crippen LogP contribution is -2.43. The van der Waals surface area contributed by atoms with Gasteiger partial charge < -0.3 is 15.0 Å². The lowest BCUT2D eigenvalue weighted by Gasteiger charge is -2.29. The van der Waals surface area contributed by atoms with Crippen LogP contribution in [0.25, 0.3) is 0 Å². The fraction of sp³-hybridized carbons (Fsp3) is 0.474. The molecular weight excluding hydrogens is 304 g/mol. The van der Waals surface area contributed by atoms with Crippen molar-refractivity contribution in [3.63, 3.8) is 0 Å². The Morgan fingerprint density at radius 2 is 2.21 bits per heavy atom. The molecule has 0 spiro atoms. The first-order valence-electron chi connectivity index (χ1n) is 8.63. The van der Waals surface area contributed by atoms with Gasteiger partial charge in [0.2, 0.25) is 5.91 Å². The molecule has 0 saturated heterocycles. The van der Waals surface area contributed by atoms with Gasteiger partial charge in [0.05, 0.1) is 12.2 Å². The topological polar surface area (TPSA) is 58.6 Å². The van der Waals surface area contributed by atoms with Crippen molar-refractivity contribution in [2.75, 3.05) is 24.5 Å². The molecular formula is C19H24N2O3. The van der Waals surface area contributed by atoms with Crippen molar-refractivity contribution in [2.45, 2.75) is 39.0 Å². The molecule has 1 heterocycles. The number of esters is 1. The maximum absolute atomic E-state index is 12.2. The Labute approximate surface area is 142 Å². The first-order valence-corrected chi connectivity index (χ1v) is 8.63. The van der Waals surface area contributed by atoms with Gasteiger partial charge in [-0.3, -0.25) is 4.79 Å². The second-order valence-electron chi connectivity index (χ2n) is 6.51. The maximum atomic E-state index is 12.2. The Bertz CT molecular complexity index is 667. The zero-order valence-corrected chi connectivity index (χ0v) is 14.1. The molecule has 5 heteroatoms. The fourth-order valence-electron chi connectivity index (χ4n) is 3.22. The highest BCUT2D eigenvalue weighted by atomic mass is 16.5. The molecule has 0 radical (unpaired) electrons. The monoisotopic (exact) mass is 328 g/mol. The van der Waals surface area contributed by atoms with Crippen LogP contribution in [-0.2, 0) is 9.59 Å². The molecule has 1 aromatic carbocycles. The first kappa shape index (κ1) is 16.6. The molecule has 0 unspecified atom stereocenters. The molecule has 0 bridgehead atoms. The number of benzene rings is 1. The maximum Gasteiger partial charge on any atom is 0.331 e. The summed E-state index contributed by atoms with van der Waals surface area (Å²) in [6, 6.07) is 5.62. The third-order valence-electron chi connectivity index (χ3n) is 4.49. The Kier molecular flexibility index (Phi) is 5.18. The summed E-state index contributed by atoms with van der Waals surface area (Å²) in [7, 11) is 0. The van der Waals surface area contributed by atoms with Crippen molar-refractivity contribution in [3.8, 4) is 5.75 Å². The Balaban J connectivity index is 1.55. The molecule has 1 aliphatic heterocycles. The van der Waals surface area contributed by atoms with Gasteiger partial charge in [0.1, 0.15) is 6.54 Å². The van der Waals surface area contributed by atoms with E-state index < -0.39 is 0 Å². The molecule has 0 saturated carbocycles. The minimum absolute atomic E-state index is 0.0615. The van der Waals surface area contributed by atoms with Crippen molar-refractivity contribution >= 4 is 17.6 Å². The average molecular weight is 328 g/mol. The van der Waals surface area contributed by atoms with Crippen LogP contribution in [-0.4, -0.2) is 31.5 Å². The Morgan fingerprint density at radius 1 is 1.33 bits per heavy atom. The summed E-state index contributed by atoms with van der Waals surface area (Å²) in [5.41, 5.74) is 3.32. The molecule has 128 valence electrons. The van der Waals surface area contributed by atoms with E-state index in [1.165, 1.54) is 18.4 Å². The number of allylic oxidation sites excluding steroid dienone is 1. The molecule has 1 aromatic rings. The lowest BCUT2D eigenvalue weighted by molar-refractivity contribution is -0.133. The van der Waals surface area contributed by atoms with Gasteiger partial charge in [-0.2, -0.15) is 0 Å². The van der Waals surface area contributed by atoms with Crippen LogP contribution in [0.1, 0.15) is 37.7 Å². The van der Waals surface area contributed by atoms with Gasteiger partial charge in [-0.15, -0.1) is 0 Å². The number of anilines is 1. The zero-order valence-electron chi connectivity index (χ0n) is 14.1. The van der Waals surface area contributed by atoms with E-state index in [1.807, 2.05) is 19.1 Å². The molecule has 2 aliphatic rings. The van der Waals surface area contributed by atoms with E-state index in [0.717, 1.165) is 30.5 Å². The highest BCUT2D eigenvalue weighted by Gasteiger charge is 2.25. The van der Waals surface area contributed by atoms with E-state index in [0.29, 0.717) is 12.3 Å². The summed E-state index contributed by atoms with van der Waals surface area (Å²) >= 11 is 0. The molecule has 1 N–H and O–H groups in total. The molecule has 0 aromatic heterocycles. The number of hydrogen-bond donors (Lipinski definition) is 1. The van der Waals surface area contributed by atoms with Crippen LogP contribution in [0.3, 0.4) is 0 Å². The summed E-state index contributed by atoms with van der Waals surface area (Å²) in [6.45, 7) is 2.91. The number of carbonyl (C=O) groups excluding carboxylic acids is 2. The second kappa shape index (κ2) is 7.51. The number of aryl methyl sites for hydroxylation is 1. The van der Waals surface area contributed by atoms with E-state index >= 15 is 0 Å². The van der Waals surface area contributed by atoms with Crippen molar-refractivity contribution in [1.29, 1.82) is 0 Å². The first-order chi connectivity index (χ1) is 11.6. The van der Waals surface area contributed by atoms with E-state index in [4.69, 9.17) is 4.74 Å². The van der Waals surface area contributed by atoms with Crippen LogP contribution in [0, 0.1) is 6.92 Å². The second-order valence-corrected chi connectivity index (χ2v) is 6.51. The summed E-state index contributed by atoms with van der Waals surface area (Å²) in [5, 5.41) is 2.96. The summed E-state index contributed by atoms with van der Waals surface area (Å²) in [4.78, 5) is 25.7. The normalized spacial score (nSPS) is 17.0. The molecule has 1 aliphatic carbocycles. The molecule has 0 fully saturated rings. The van der Waals surface area contributed by atoms with Gasteiger partial charge in [0, 0.05) is 6.54 Å². The third-order valence-corrected chi connectivity index (χ3v) is 4.49. The largest absolute Gasteiger partial charge is 0.423 e. The van der Waals surface area contributed by atoms with E-state index in [-0.39, 0.29) is 25.0 Å². The number of nitrogens with zero attached hydrogens (tertiary/aromatic N) is 1. The number of ether oxygens (including phenoxy) is 1. The zero-order chi connectivity index (χ0) is 16.9. The number of amides is 1. The van der Waals surface area contributed by atoms with Crippen LogP contribution in [0.4, 0.5) is 5.69 Å². The Morgan fingerprint density at radius 3 is 3.00 bits per heavy atom. The minimum atomic E-state index is -0.327. The summed E-state index contributed by atoms with van der Waals surface area (Å²) < 4.78 is 5.24. The minimum Gasteiger partial charge on any atom is -0.423 e. The molecule has 1 amide bonds. The van der Waals surface area contributed by atoms with Crippen LogP contribution < -0.4 is 15.0 Å². The molecule has 3 rings (SSSR count). The summed E-state index contributed by atoms with van der Waals surface area (Å²) in [5.74, 6) is 0.136. The number of fused-ring (bicyclic) bond motifs is 1. The van der Waals surface area contributed by atoms with Gasteiger partial charge in [-0.25, -0.2) is 4.79 Å². The number of carbonyl (C=O) groups is 2. The molecule has 5 nitrogen and oxygen atoms in total. The fourth-order valence-corrected chi connectivity index (χ4v) is 3.22. The van der Waals surface area contributed by atoms with Crippen molar-refractivity contribution in [3.05, 3.63) is 35.4 Å². The number of nitrogens with one attached hydrogen (secondary N) is 1. The van der Waals surface area contributed by atoms with E-state index in [1.54, 1.807) is 11.0 Å². The van der Waals surface area contributed by atoms with E-state index in [2.05, 4.69) is 11.4 Å². The smallest absolute Gasteiger partial charge is 0.331 e. The van der Waals surface area contributed by atoms with Gasteiger partial charge in [0.25, 0.3) is 0 Å². The van der Waals surface area contributed by atoms with Gasteiger partial charge in [0.15, 0.2) is 5.75 Å². The van der Waals surface area contributed by atoms with Gasteiger partial charge in [-0.05, 0) is 56.7 Å².